The smallest absolute Gasteiger partial charge is 0.222 e. The monoisotopic (exact) mass is 384 g/mol. The highest BCUT2D eigenvalue weighted by Gasteiger charge is 2.20. The Labute approximate surface area is 162 Å². The molecule has 7 nitrogen and oxygen atoms in total. The number of β-amino-alcohol motifs (C(OH)–C–C–N with tert-alkyl or cyclic N) is 1. The zero-order chi connectivity index (χ0) is 19.0. The number of nitrogens with two attached hydrogens (primary N) is 1. The van der Waals surface area contributed by atoms with E-state index in [-0.39, 0.29) is 12.1 Å². The summed E-state index contributed by atoms with van der Waals surface area (Å²) in [4.78, 5) is 15.4. The molecule has 1 aromatic carbocycles. The van der Waals surface area contributed by atoms with Crippen LogP contribution in [0, 0.1) is 6.92 Å². The number of aromatic nitrogens is 3. The number of rotatable bonds is 4. The van der Waals surface area contributed by atoms with E-state index >= 15 is 0 Å². The summed E-state index contributed by atoms with van der Waals surface area (Å²) in [7, 11) is 0. The summed E-state index contributed by atoms with van der Waals surface area (Å²) in [6.45, 7) is 4.23. The summed E-state index contributed by atoms with van der Waals surface area (Å²) in [6.07, 6.45) is 2.39. The van der Waals surface area contributed by atoms with Crippen molar-refractivity contribution in [3.05, 3.63) is 46.6 Å². The number of pyridine rings is 1. The van der Waals surface area contributed by atoms with Gasteiger partial charge in [-0.15, -0.1) is 0 Å². The van der Waals surface area contributed by atoms with E-state index in [2.05, 4.69) is 25.2 Å². The molecule has 4 N–H and O–H groups in total. The van der Waals surface area contributed by atoms with Crippen LogP contribution < -0.4 is 11.1 Å². The van der Waals surface area contributed by atoms with Crippen LogP contribution in [0.4, 0.5) is 17.5 Å². The van der Waals surface area contributed by atoms with Crippen molar-refractivity contribution < 1.29 is 5.11 Å². The van der Waals surface area contributed by atoms with Crippen molar-refractivity contribution >= 4 is 40.1 Å². The standard InChI is InChI=1S/C19H21ClN6O/c1-11-14(20)3-2-4-15(11)23-18-17-16(24-19(21)25-18)7-12(8-22-17)9-26-6-5-13(27)10-26/h2-4,7-8,13,27H,5-6,9-10H2,1H3,(H3,21,23,24,25). The molecule has 27 heavy (non-hydrogen) atoms. The van der Waals surface area contributed by atoms with E-state index in [1.54, 1.807) is 0 Å². The van der Waals surface area contributed by atoms with Crippen molar-refractivity contribution in [2.75, 3.05) is 24.1 Å². The van der Waals surface area contributed by atoms with Gasteiger partial charge < -0.3 is 16.2 Å². The largest absolute Gasteiger partial charge is 0.392 e. The van der Waals surface area contributed by atoms with Crippen LogP contribution in [-0.2, 0) is 6.54 Å². The molecule has 1 fully saturated rings. The lowest BCUT2D eigenvalue weighted by molar-refractivity contribution is 0.175. The van der Waals surface area contributed by atoms with Crippen LogP contribution in [0.5, 0.6) is 0 Å². The number of halogens is 1. The van der Waals surface area contributed by atoms with E-state index in [4.69, 9.17) is 17.3 Å². The zero-order valence-corrected chi connectivity index (χ0v) is 15.7. The van der Waals surface area contributed by atoms with Crippen LogP contribution in [0.3, 0.4) is 0 Å². The second kappa shape index (κ2) is 7.26. The van der Waals surface area contributed by atoms with Crippen molar-refractivity contribution in [1.82, 2.24) is 19.9 Å². The fourth-order valence-corrected chi connectivity index (χ4v) is 3.51. The van der Waals surface area contributed by atoms with Gasteiger partial charge in [0.05, 0.1) is 11.6 Å². The first-order valence-corrected chi connectivity index (χ1v) is 9.22. The highest BCUT2D eigenvalue weighted by Crippen LogP contribution is 2.28. The Morgan fingerprint density at radius 2 is 2.22 bits per heavy atom. The fourth-order valence-electron chi connectivity index (χ4n) is 3.34. The molecule has 1 unspecified atom stereocenters. The number of nitrogens with one attached hydrogen (secondary N) is 1. The third kappa shape index (κ3) is 3.80. The maximum atomic E-state index is 9.69. The molecular formula is C19H21ClN6O. The first kappa shape index (κ1) is 17.9. The van der Waals surface area contributed by atoms with Gasteiger partial charge in [-0.3, -0.25) is 9.88 Å². The van der Waals surface area contributed by atoms with E-state index in [1.807, 2.05) is 37.4 Å². The van der Waals surface area contributed by atoms with Crippen LogP contribution >= 0.6 is 11.6 Å². The number of anilines is 3. The van der Waals surface area contributed by atoms with Gasteiger partial charge in [-0.25, -0.2) is 4.98 Å². The van der Waals surface area contributed by atoms with Gasteiger partial charge in [-0.05, 0) is 42.7 Å². The number of fused-ring (bicyclic) bond motifs is 1. The highest BCUT2D eigenvalue weighted by atomic mass is 35.5. The van der Waals surface area contributed by atoms with Crippen LogP contribution in [0.15, 0.2) is 30.5 Å². The molecule has 0 amide bonds. The fraction of sp³-hybridized carbons (Fsp3) is 0.316. The molecule has 0 aliphatic carbocycles. The topological polar surface area (TPSA) is 100 Å². The van der Waals surface area contributed by atoms with Crippen LogP contribution in [0.1, 0.15) is 17.5 Å². The van der Waals surface area contributed by atoms with Gasteiger partial charge in [-0.2, -0.15) is 4.98 Å². The van der Waals surface area contributed by atoms with Gasteiger partial charge in [0.2, 0.25) is 5.95 Å². The second-order valence-electron chi connectivity index (χ2n) is 6.86. The number of aliphatic hydroxyl groups excluding tert-OH is 1. The minimum Gasteiger partial charge on any atom is -0.392 e. The predicted octanol–water partition coefficient (Wildman–Crippen LogP) is 2.88. The Kier molecular flexibility index (Phi) is 4.82. The molecule has 140 valence electrons. The summed E-state index contributed by atoms with van der Waals surface area (Å²) in [5.41, 5.74) is 10.0. The molecule has 3 heterocycles. The minimum absolute atomic E-state index is 0.181. The van der Waals surface area contributed by atoms with E-state index in [1.165, 1.54) is 0 Å². The average molecular weight is 385 g/mol. The Bertz CT molecular complexity index is 995. The summed E-state index contributed by atoms with van der Waals surface area (Å²) in [5.74, 6) is 0.728. The number of nitrogen functional groups attached to an aromatic ring is 1. The quantitative estimate of drug-likeness (QED) is 0.635. The second-order valence-corrected chi connectivity index (χ2v) is 7.26. The lowest BCUT2D eigenvalue weighted by Crippen LogP contribution is -2.21. The highest BCUT2D eigenvalue weighted by molar-refractivity contribution is 6.31. The molecule has 2 aromatic heterocycles. The molecule has 1 saturated heterocycles. The minimum atomic E-state index is -0.242. The molecule has 0 bridgehead atoms. The molecule has 0 radical (unpaired) electrons. The van der Waals surface area contributed by atoms with E-state index < -0.39 is 0 Å². The average Bonchev–Trinajstić information content (AvgIpc) is 3.03. The summed E-state index contributed by atoms with van der Waals surface area (Å²) in [6, 6.07) is 7.62. The molecule has 8 heteroatoms. The normalized spacial score (nSPS) is 17.5. The molecule has 3 aromatic rings. The van der Waals surface area contributed by atoms with Gasteiger partial charge in [0.1, 0.15) is 5.52 Å². The molecule has 4 rings (SSSR count). The summed E-state index contributed by atoms with van der Waals surface area (Å²) in [5, 5.41) is 13.6. The molecule has 1 aliphatic heterocycles. The maximum Gasteiger partial charge on any atom is 0.222 e. The van der Waals surface area contributed by atoms with Crippen LogP contribution in [0.25, 0.3) is 11.0 Å². The number of nitrogens with zero attached hydrogens (tertiary/aromatic N) is 4. The van der Waals surface area contributed by atoms with E-state index in [0.29, 0.717) is 28.4 Å². The Hall–Kier alpha value is -2.48. The Morgan fingerprint density at radius 3 is 3.00 bits per heavy atom. The molecule has 1 aliphatic rings. The number of likely N-dealkylation sites (tertiary alicyclic amines) is 1. The molecule has 0 spiro atoms. The lowest BCUT2D eigenvalue weighted by atomic mass is 10.2. The van der Waals surface area contributed by atoms with Crippen LogP contribution in [-0.4, -0.2) is 44.2 Å². The third-order valence-corrected chi connectivity index (χ3v) is 5.19. The number of benzene rings is 1. The Morgan fingerprint density at radius 1 is 1.37 bits per heavy atom. The molecule has 0 saturated carbocycles. The molecular weight excluding hydrogens is 364 g/mol. The van der Waals surface area contributed by atoms with Gasteiger partial charge in [0.15, 0.2) is 5.82 Å². The van der Waals surface area contributed by atoms with Gasteiger partial charge in [0, 0.05) is 36.5 Å². The van der Waals surface area contributed by atoms with E-state index in [0.717, 1.165) is 36.3 Å². The Balaban J connectivity index is 1.66. The molecule has 1 atom stereocenters. The van der Waals surface area contributed by atoms with Crippen molar-refractivity contribution in [3.63, 3.8) is 0 Å². The predicted molar refractivity (Wildman–Crippen MR) is 107 cm³/mol. The lowest BCUT2D eigenvalue weighted by Gasteiger charge is -2.15. The zero-order valence-electron chi connectivity index (χ0n) is 15.0. The van der Waals surface area contributed by atoms with Gasteiger partial charge in [-0.1, -0.05) is 17.7 Å². The summed E-state index contributed by atoms with van der Waals surface area (Å²) >= 11 is 6.21. The number of hydrogen-bond acceptors (Lipinski definition) is 7. The SMILES string of the molecule is Cc1c(Cl)cccc1Nc1nc(N)nc2cc(CN3CCC(O)C3)cnc12. The third-order valence-electron chi connectivity index (χ3n) is 4.78. The first-order chi connectivity index (χ1) is 13.0. The van der Waals surface area contributed by atoms with Crippen molar-refractivity contribution in [2.45, 2.75) is 26.0 Å². The van der Waals surface area contributed by atoms with Crippen molar-refractivity contribution in [2.24, 2.45) is 0 Å². The van der Waals surface area contributed by atoms with Crippen LogP contribution in [0.2, 0.25) is 5.02 Å². The van der Waals surface area contributed by atoms with Gasteiger partial charge >= 0.3 is 0 Å². The number of aliphatic hydroxyl groups is 1. The number of hydrogen-bond donors (Lipinski definition) is 3. The van der Waals surface area contributed by atoms with E-state index in [9.17, 15) is 5.11 Å². The van der Waals surface area contributed by atoms with Crippen molar-refractivity contribution in [1.29, 1.82) is 0 Å². The first-order valence-electron chi connectivity index (χ1n) is 8.84. The summed E-state index contributed by atoms with van der Waals surface area (Å²) < 4.78 is 0. The van der Waals surface area contributed by atoms with Gasteiger partial charge in [0.25, 0.3) is 0 Å². The maximum absolute atomic E-state index is 9.69. The van der Waals surface area contributed by atoms with Crippen molar-refractivity contribution in [3.8, 4) is 0 Å².